The lowest BCUT2D eigenvalue weighted by atomic mass is 10.2. The Hall–Kier alpha value is -1.52. The molecule has 0 spiro atoms. The zero-order valence-electron chi connectivity index (χ0n) is 10.9. The van der Waals surface area contributed by atoms with E-state index in [2.05, 4.69) is 4.99 Å². The first-order chi connectivity index (χ1) is 9.56. The third-order valence-electron chi connectivity index (χ3n) is 2.67. The Morgan fingerprint density at radius 3 is 2.75 bits per heavy atom. The summed E-state index contributed by atoms with van der Waals surface area (Å²) >= 11 is 7.22. The third kappa shape index (κ3) is 3.99. The SMILES string of the molecule is Cc1cccc(N=C(N)SCc2c(F)cccc2Cl)c1. The molecule has 0 saturated heterocycles. The number of rotatable bonds is 3. The quantitative estimate of drug-likeness (QED) is 0.661. The molecular formula is C15H14ClFN2S. The van der Waals surface area contributed by atoms with Crippen LogP contribution in [0, 0.1) is 12.7 Å². The molecule has 0 atom stereocenters. The summed E-state index contributed by atoms with van der Waals surface area (Å²) in [6.07, 6.45) is 0. The number of amidine groups is 1. The van der Waals surface area contributed by atoms with E-state index in [1.165, 1.54) is 17.8 Å². The topological polar surface area (TPSA) is 38.4 Å². The minimum Gasteiger partial charge on any atom is -0.378 e. The lowest BCUT2D eigenvalue weighted by molar-refractivity contribution is 0.617. The maximum atomic E-state index is 13.6. The molecule has 2 aromatic carbocycles. The Labute approximate surface area is 126 Å². The molecule has 0 aliphatic heterocycles. The molecule has 0 unspecified atom stereocenters. The number of hydrogen-bond acceptors (Lipinski definition) is 2. The Balaban J connectivity index is 2.07. The van der Waals surface area contributed by atoms with E-state index in [9.17, 15) is 4.39 Å². The van der Waals surface area contributed by atoms with Gasteiger partial charge in [-0.25, -0.2) is 9.38 Å². The van der Waals surface area contributed by atoms with Crippen LogP contribution in [0.15, 0.2) is 47.5 Å². The van der Waals surface area contributed by atoms with E-state index in [1.54, 1.807) is 12.1 Å². The van der Waals surface area contributed by atoms with Gasteiger partial charge >= 0.3 is 0 Å². The number of aryl methyl sites for hydroxylation is 1. The smallest absolute Gasteiger partial charge is 0.159 e. The Morgan fingerprint density at radius 1 is 1.30 bits per heavy atom. The summed E-state index contributed by atoms with van der Waals surface area (Å²) in [7, 11) is 0. The second kappa shape index (κ2) is 6.77. The summed E-state index contributed by atoms with van der Waals surface area (Å²) in [5, 5.41) is 0.788. The van der Waals surface area contributed by atoms with Crippen LogP contribution in [-0.2, 0) is 5.75 Å². The minimum atomic E-state index is -0.326. The molecule has 0 aliphatic carbocycles. The van der Waals surface area contributed by atoms with Gasteiger partial charge in [-0.3, -0.25) is 0 Å². The van der Waals surface area contributed by atoms with Crippen LogP contribution in [0.1, 0.15) is 11.1 Å². The van der Waals surface area contributed by atoms with Crippen molar-refractivity contribution in [3.63, 3.8) is 0 Å². The van der Waals surface area contributed by atoms with Crippen LogP contribution in [0.4, 0.5) is 10.1 Å². The van der Waals surface area contributed by atoms with Gasteiger partial charge in [0.15, 0.2) is 5.17 Å². The molecule has 2 N–H and O–H groups in total. The number of nitrogens with zero attached hydrogens (tertiary/aromatic N) is 1. The standard InChI is InChI=1S/C15H14ClFN2S/c1-10-4-2-5-11(8-10)19-15(18)20-9-12-13(16)6-3-7-14(12)17/h2-8H,9H2,1H3,(H2,18,19). The first kappa shape index (κ1) is 14.9. The van der Waals surface area contributed by atoms with E-state index in [0.717, 1.165) is 11.3 Å². The average molecular weight is 309 g/mol. The van der Waals surface area contributed by atoms with Crippen LogP contribution < -0.4 is 5.73 Å². The normalized spacial score (nSPS) is 11.7. The molecule has 104 valence electrons. The summed E-state index contributed by atoms with van der Waals surface area (Å²) in [5.41, 5.74) is 8.20. The Morgan fingerprint density at radius 2 is 2.05 bits per heavy atom. The molecule has 0 aromatic heterocycles. The highest BCUT2D eigenvalue weighted by Crippen LogP contribution is 2.24. The molecule has 0 saturated carbocycles. The predicted molar refractivity (Wildman–Crippen MR) is 85.2 cm³/mol. The first-order valence-corrected chi connectivity index (χ1v) is 7.39. The molecule has 5 heteroatoms. The van der Waals surface area contributed by atoms with Gasteiger partial charge in [-0.1, -0.05) is 41.6 Å². The predicted octanol–water partition coefficient (Wildman–Crippen LogP) is 4.67. The van der Waals surface area contributed by atoms with E-state index < -0.39 is 0 Å². The van der Waals surface area contributed by atoms with Gasteiger partial charge in [0.2, 0.25) is 0 Å². The summed E-state index contributed by atoms with van der Waals surface area (Å²) < 4.78 is 13.6. The fourth-order valence-electron chi connectivity index (χ4n) is 1.67. The summed E-state index contributed by atoms with van der Waals surface area (Å²) in [4.78, 5) is 4.29. The molecule has 0 heterocycles. The van der Waals surface area contributed by atoms with Gasteiger partial charge in [0.05, 0.1) is 5.69 Å². The number of hydrogen-bond donors (Lipinski definition) is 1. The van der Waals surface area contributed by atoms with Crippen LogP contribution in [0.5, 0.6) is 0 Å². The van der Waals surface area contributed by atoms with Crippen LogP contribution in [0.25, 0.3) is 0 Å². The number of benzene rings is 2. The third-order valence-corrected chi connectivity index (χ3v) is 3.84. The van der Waals surface area contributed by atoms with Crippen molar-refractivity contribution in [3.8, 4) is 0 Å². The second-order valence-electron chi connectivity index (χ2n) is 4.28. The molecule has 2 nitrogen and oxygen atoms in total. The van der Waals surface area contributed by atoms with Crippen LogP contribution in [0.2, 0.25) is 5.02 Å². The molecule has 0 aliphatic rings. The summed E-state index contributed by atoms with van der Waals surface area (Å²) in [6.45, 7) is 1.99. The summed E-state index contributed by atoms with van der Waals surface area (Å²) in [5.74, 6) is 0.0282. The number of halogens is 2. The molecular weight excluding hydrogens is 295 g/mol. The van der Waals surface area contributed by atoms with Crippen molar-refractivity contribution >= 4 is 34.2 Å². The highest BCUT2D eigenvalue weighted by Gasteiger charge is 2.07. The first-order valence-electron chi connectivity index (χ1n) is 6.03. The van der Waals surface area contributed by atoms with Gasteiger partial charge in [-0.15, -0.1) is 0 Å². The van der Waals surface area contributed by atoms with Crippen LogP contribution in [-0.4, -0.2) is 5.17 Å². The van der Waals surface area contributed by atoms with Gasteiger partial charge in [0.1, 0.15) is 5.82 Å². The highest BCUT2D eigenvalue weighted by molar-refractivity contribution is 8.13. The molecule has 0 amide bonds. The van der Waals surface area contributed by atoms with E-state index in [-0.39, 0.29) is 5.82 Å². The molecule has 0 radical (unpaired) electrons. The average Bonchev–Trinajstić information content (AvgIpc) is 2.38. The van der Waals surface area contributed by atoms with Crippen LogP contribution in [0.3, 0.4) is 0 Å². The number of nitrogens with two attached hydrogens (primary N) is 1. The number of aliphatic imine (C=N–C) groups is 1. The van der Waals surface area contributed by atoms with E-state index >= 15 is 0 Å². The maximum absolute atomic E-state index is 13.6. The lowest BCUT2D eigenvalue weighted by Gasteiger charge is -2.05. The van der Waals surface area contributed by atoms with Gasteiger partial charge in [-0.05, 0) is 36.8 Å². The lowest BCUT2D eigenvalue weighted by Crippen LogP contribution is -2.06. The van der Waals surface area contributed by atoms with E-state index in [1.807, 2.05) is 31.2 Å². The van der Waals surface area contributed by atoms with E-state index in [4.69, 9.17) is 17.3 Å². The van der Waals surface area contributed by atoms with Gasteiger partial charge in [0, 0.05) is 16.3 Å². The largest absolute Gasteiger partial charge is 0.378 e. The van der Waals surface area contributed by atoms with E-state index in [0.29, 0.717) is 21.5 Å². The molecule has 0 bridgehead atoms. The monoisotopic (exact) mass is 308 g/mol. The van der Waals surface area contributed by atoms with Crippen molar-refractivity contribution in [2.75, 3.05) is 0 Å². The van der Waals surface area contributed by atoms with Gasteiger partial charge in [-0.2, -0.15) is 0 Å². The molecule has 2 aromatic rings. The molecule has 2 rings (SSSR count). The molecule has 20 heavy (non-hydrogen) atoms. The van der Waals surface area contributed by atoms with Gasteiger partial charge < -0.3 is 5.73 Å². The Kier molecular flexibility index (Phi) is 5.04. The van der Waals surface area contributed by atoms with Crippen LogP contribution >= 0.6 is 23.4 Å². The van der Waals surface area contributed by atoms with Crippen molar-refractivity contribution in [2.24, 2.45) is 10.7 Å². The van der Waals surface area contributed by atoms with Crippen molar-refractivity contribution < 1.29 is 4.39 Å². The zero-order chi connectivity index (χ0) is 14.5. The maximum Gasteiger partial charge on any atom is 0.159 e. The fourth-order valence-corrected chi connectivity index (χ4v) is 2.74. The van der Waals surface area contributed by atoms with Crippen molar-refractivity contribution in [3.05, 3.63) is 64.4 Å². The van der Waals surface area contributed by atoms with Crippen molar-refractivity contribution in [1.82, 2.24) is 0 Å². The molecule has 0 fully saturated rings. The minimum absolute atomic E-state index is 0.326. The van der Waals surface area contributed by atoms with Gasteiger partial charge in [0.25, 0.3) is 0 Å². The zero-order valence-corrected chi connectivity index (χ0v) is 12.5. The highest BCUT2D eigenvalue weighted by atomic mass is 35.5. The number of thioether (sulfide) groups is 1. The summed E-state index contributed by atoms with van der Waals surface area (Å²) in [6, 6.07) is 12.3. The fraction of sp³-hybridized carbons (Fsp3) is 0.133. The van der Waals surface area contributed by atoms with Crippen molar-refractivity contribution in [2.45, 2.75) is 12.7 Å². The van der Waals surface area contributed by atoms with Crippen molar-refractivity contribution in [1.29, 1.82) is 0 Å². The second-order valence-corrected chi connectivity index (χ2v) is 5.68. The Bertz CT molecular complexity index is 623.